The second-order valence-corrected chi connectivity index (χ2v) is 6.38. The highest BCUT2D eigenvalue weighted by Crippen LogP contribution is 2.30. The molecular weight excluding hydrogens is 359 g/mol. The summed E-state index contributed by atoms with van der Waals surface area (Å²) in [5, 5.41) is 5.02. The zero-order valence-corrected chi connectivity index (χ0v) is 14.8. The molecule has 1 aliphatic rings. The van der Waals surface area contributed by atoms with Crippen molar-refractivity contribution in [1.29, 1.82) is 0 Å². The minimum Gasteiger partial charge on any atom is -0.341 e. The van der Waals surface area contributed by atoms with Crippen molar-refractivity contribution in [3.05, 3.63) is 47.3 Å². The Hall–Kier alpha value is -2.84. The van der Waals surface area contributed by atoms with E-state index >= 15 is 0 Å². The molecule has 2 N–H and O–H groups in total. The third-order valence-electron chi connectivity index (χ3n) is 4.16. The molecule has 2 amide bonds. The van der Waals surface area contributed by atoms with Gasteiger partial charge in [-0.3, -0.25) is 0 Å². The Balaban J connectivity index is 1.61. The van der Waals surface area contributed by atoms with Gasteiger partial charge >= 0.3 is 12.2 Å². The topological polar surface area (TPSA) is 70.2 Å². The zero-order valence-electron chi connectivity index (χ0n) is 14.8. The van der Waals surface area contributed by atoms with Crippen LogP contribution in [-0.2, 0) is 12.7 Å². The molecule has 0 atom stereocenters. The van der Waals surface area contributed by atoms with E-state index in [1.165, 1.54) is 12.1 Å². The van der Waals surface area contributed by atoms with Crippen molar-refractivity contribution in [2.75, 3.05) is 23.3 Å². The van der Waals surface area contributed by atoms with Crippen molar-refractivity contribution in [1.82, 2.24) is 15.3 Å². The number of alkyl halides is 3. The van der Waals surface area contributed by atoms with E-state index in [1.807, 2.05) is 6.92 Å². The number of rotatable bonds is 4. The van der Waals surface area contributed by atoms with Crippen LogP contribution in [0.2, 0.25) is 0 Å². The van der Waals surface area contributed by atoms with Crippen molar-refractivity contribution in [2.24, 2.45) is 0 Å². The smallest absolute Gasteiger partial charge is 0.341 e. The average Bonchev–Trinajstić information content (AvgIpc) is 3.14. The van der Waals surface area contributed by atoms with Crippen LogP contribution in [0.1, 0.15) is 29.8 Å². The predicted octanol–water partition coefficient (Wildman–Crippen LogP) is 3.73. The Bertz CT molecular complexity index is 819. The van der Waals surface area contributed by atoms with Crippen LogP contribution in [0.4, 0.5) is 29.6 Å². The van der Waals surface area contributed by atoms with Crippen LogP contribution >= 0.6 is 0 Å². The maximum atomic E-state index is 12.7. The lowest BCUT2D eigenvalue weighted by Gasteiger charge is -2.16. The Morgan fingerprint density at radius 2 is 1.93 bits per heavy atom. The summed E-state index contributed by atoms with van der Waals surface area (Å²) in [6.45, 7) is 3.82. The summed E-state index contributed by atoms with van der Waals surface area (Å²) in [5.74, 6) is 0.641. The molecule has 9 heteroatoms. The largest absolute Gasteiger partial charge is 0.416 e. The molecule has 1 aromatic carbocycles. The normalized spacial score (nSPS) is 14.3. The standard InChI is InChI=1S/C18H20F3N5O/c1-12-9-15(24-16(23-12)26-7-2-3-8-26)11-22-17(27)25-14-6-4-5-13(10-14)18(19,20)21/h4-6,9-10H,2-3,7-8,11H2,1H3,(H2,22,25,27). The molecule has 1 saturated heterocycles. The van der Waals surface area contributed by atoms with Gasteiger partial charge in [-0.15, -0.1) is 0 Å². The molecule has 0 radical (unpaired) electrons. The third kappa shape index (κ3) is 5.08. The molecule has 0 aliphatic carbocycles. The number of urea groups is 1. The molecule has 144 valence electrons. The number of carbonyl (C=O) groups is 1. The average molecular weight is 379 g/mol. The van der Waals surface area contributed by atoms with E-state index in [1.54, 1.807) is 6.07 Å². The summed E-state index contributed by atoms with van der Waals surface area (Å²) in [7, 11) is 0. The number of carbonyl (C=O) groups excluding carboxylic acids is 1. The van der Waals surface area contributed by atoms with Crippen LogP contribution in [-0.4, -0.2) is 29.1 Å². The second kappa shape index (κ2) is 7.81. The van der Waals surface area contributed by atoms with Crippen LogP contribution in [0.3, 0.4) is 0 Å². The second-order valence-electron chi connectivity index (χ2n) is 6.38. The fraction of sp³-hybridized carbons (Fsp3) is 0.389. The lowest BCUT2D eigenvalue weighted by Crippen LogP contribution is -2.29. The number of aryl methyl sites for hydroxylation is 1. The van der Waals surface area contributed by atoms with Gasteiger partial charge in [-0.05, 0) is 44.0 Å². The molecule has 3 rings (SSSR count). The number of anilines is 2. The van der Waals surface area contributed by atoms with Gasteiger partial charge < -0.3 is 15.5 Å². The highest BCUT2D eigenvalue weighted by Gasteiger charge is 2.30. The first kappa shape index (κ1) is 18.9. The number of amides is 2. The first-order valence-electron chi connectivity index (χ1n) is 8.63. The molecule has 2 heterocycles. The first-order valence-corrected chi connectivity index (χ1v) is 8.63. The van der Waals surface area contributed by atoms with E-state index in [2.05, 4.69) is 25.5 Å². The third-order valence-corrected chi connectivity index (χ3v) is 4.16. The lowest BCUT2D eigenvalue weighted by molar-refractivity contribution is -0.137. The van der Waals surface area contributed by atoms with Gasteiger partial charge in [-0.1, -0.05) is 6.07 Å². The Morgan fingerprint density at radius 3 is 2.63 bits per heavy atom. The molecule has 0 saturated carbocycles. The molecule has 0 unspecified atom stereocenters. The Labute approximate surface area is 154 Å². The molecule has 6 nitrogen and oxygen atoms in total. The van der Waals surface area contributed by atoms with Gasteiger partial charge in [0.15, 0.2) is 0 Å². The van der Waals surface area contributed by atoms with Gasteiger partial charge in [0, 0.05) is 24.5 Å². The van der Waals surface area contributed by atoms with E-state index in [9.17, 15) is 18.0 Å². The monoisotopic (exact) mass is 379 g/mol. The van der Waals surface area contributed by atoms with Crippen LogP contribution in [0, 0.1) is 6.92 Å². The summed E-state index contributed by atoms with van der Waals surface area (Å²) >= 11 is 0. The van der Waals surface area contributed by atoms with Gasteiger partial charge in [0.2, 0.25) is 5.95 Å². The minimum absolute atomic E-state index is 0.0685. The molecule has 0 spiro atoms. The van der Waals surface area contributed by atoms with Gasteiger partial charge in [0.05, 0.1) is 17.8 Å². The van der Waals surface area contributed by atoms with Crippen molar-refractivity contribution >= 4 is 17.7 Å². The maximum absolute atomic E-state index is 12.7. The molecule has 2 aromatic rings. The fourth-order valence-electron chi connectivity index (χ4n) is 2.89. The highest BCUT2D eigenvalue weighted by atomic mass is 19.4. The fourth-order valence-corrected chi connectivity index (χ4v) is 2.89. The van der Waals surface area contributed by atoms with Crippen molar-refractivity contribution in [2.45, 2.75) is 32.5 Å². The molecule has 1 aliphatic heterocycles. The molecular formula is C18H20F3N5O. The SMILES string of the molecule is Cc1cc(CNC(=O)Nc2cccc(C(F)(F)F)c2)nc(N2CCCC2)n1. The van der Waals surface area contributed by atoms with E-state index < -0.39 is 17.8 Å². The summed E-state index contributed by atoms with van der Waals surface area (Å²) in [4.78, 5) is 23.0. The van der Waals surface area contributed by atoms with E-state index in [-0.39, 0.29) is 12.2 Å². The van der Waals surface area contributed by atoms with Gasteiger partial charge in [-0.2, -0.15) is 13.2 Å². The zero-order chi connectivity index (χ0) is 19.4. The number of benzene rings is 1. The minimum atomic E-state index is -4.46. The predicted molar refractivity (Wildman–Crippen MR) is 95.5 cm³/mol. The van der Waals surface area contributed by atoms with Crippen LogP contribution in [0.5, 0.6) is 0 Å². The molecule has 0 bridgehead atoms. The van der Waals surface area contributed by atoms with Crippen molar-refractivity contribution < 1.29 is 18.0 Å². The number of aromatic nitrogens is 2. The summed E-state index contributed by atoms with van der Waals surface area (Å²) < 4.78 is 38.2. The number of hydrogen-bond donors (Lipinski definition) is 2. The van der Waals surface area contributed by atoms with Gasteiger partial charge in [0.1, 0.15) is 0 Å². The molecule has 1 aromatic heterocycles. The van der Waals surface area contributed by atoms with Crippen LogP contribution in [0.15, 0.2) is 30.3 Å². The first-order chi connectivity index (χ1) is 12.8. The Morgan fingerprint density at radius 1 is 1.19 bits per heavy atom. The van der Waals surface area contributed by atoms with Crippen LogP contribution in [0.25, 0.3) is 0 Å². The maximum Gasteiger partial charge on any atom is 0.416 e. The summed E-state index contributed by atoms with van der Waals surface area (Å²) in [6.07, 6.45) is -2.26. The van der Waals surface area contributed by atoms with Crippen molar-refractivity contribution in [3.63, 3.8) is 0 Å². The number of halogens is 3. The Kier molecular flexibility index (Phi) is 5.48. The van der Waals surface area contributed by atoms with E-state index in [0.717, 1.165) is 43.8 Å². The highest BCUT2D eigenvalue weighted by molar-refractivity contribution is 5.89. The van der Waals surface area contributed by atoms with Crippen molar-refractivity contribution in [3.8, 4) is 0 Å². The summed E-state index contributed by atoms with van der Waals surface area (Å²) in [6, 6.07) is 5.65. The number of nitrogens with one attached hydrogen (secondary N) is 2. The quantitative estimate of drug-likeness (QED) is 0.849. The summed E-state index contributed by atoms with van der Waals surface area (Å²) in [5.41, 5.74) is 0.687. The van der Waals surface area contributed by atoms with Gasteiger partial charge in [0.25, 0.3) is 0 Å². The number of nitrogens with zero attached hydrogens (tertiary/aromatic N) is 3. The number of hydrogen-bond acceptors (Lipinski definition) is 4. The van der Waals surface area contributed by atoms with E-state index in [4.69, 9.17) is 0 Å². The van der Waals surface area contributed by atoms with Gasteiger partial charge in [-0.25, -0.2) is 14.8 Å². The molecule has 1 fully saturated rings. The van der Waals surface area contributed by atoms with E-state index in [0.29, 0.717) is 11.6 Å². The molecule has 27 heavy (non-hydrogen) atoms. The van der Waals surface area contributed by atoms with Crippen LogP contribution < -0.4 is 15.5 Å². The lowest BCUT2D eigenvalue weighted by atomic mass is 10.2.